The predicted molar refractivity (Wildman–Crippen MR) is 82.3 cm³/mol. The van der Waals surface area contributed by atoms with Gasteiger partial charge in [0.05, 0.1) is 11.3 Å². The van der Waals surface area contributed by atoms with Gasteiger partial charge in [-0.3, -0.25) is 9.59 Å². The third kappa shape index (κ3) is 4.23. The van der Waals surface area contributed by atoms with E-state index >= 15 is 0 Å². The van der Waals surface area contributed by atoms with Gasteiger partial charge in [-0.15, -0.1) is 11.3 Å². The second-order valence-electron chi connectivity index (χ2n) is 4.66. The highest BCUT2D eigenvalue weighted by molar-refractivity contribution is 7.09. The lowest BCUT2D eigenvalue weighted by Gasteiger charge is -2.07. The number of hydrogen-bond donors (Lipinski definition) is 0. The van der Waals surface area contributed by atoms with E-state index in [-0.39, 0.29) is 0 Å². The van der Waals surface area contributed by atoms with E-state index in [0.717, 1.165) is 30.0 Å². The number of aldehydes is 2. The van der Waals surface area contributed by atoms with E-state index in [9.17, 15) is 9.59 Å². The minimum Gasteiger partial charge on any atom is -0.486 e. The van der Waals surface area contributed by atoms with Gasteiger partial charge >= 0.3 is 0 Å². The highest BCUT2D eigenvalue weighted by atomic mass is 32.1. The number of benzene rings is 1. The maximum atomic E-state index is 11.0. The lowest BCUT2D eigenvalue weighted by Crippen LogP contribution is -1.99. The van der Waals surface area contributed by atoms with Gasteiger partial charge in [0.2, 0.25) is 0 Å². The molecule has 5 heteroatoms. The standard InChI is InChI=1S/C16H17NO3S/c1-2-3-4-14-11-21-16(17-14)10-20-15-6-5-12(8-18)7-13(15)9-19/h5-9,11H,2-4,10H2,1H3. The molecule has 21 heavy (non-hydrogen) atoms. The normalized spacial score (nSPS) is 10.3. The van der Waals surface area contributed by atoms with Crippen molar-refractivity contribution >= 4 is 23.9 Å². The number of rotatable bonds is 8. The third-order valence-electron chi connectivity index (χ3n) is 3.03. The molecule has 0 unspecified atom stereocenters. The van der Waals surface area contributed by atoms with Gasteiger partial charge < -0.3 is 4.74 Å². The molecule has 1 aromatic carbocycles. The molecule has 1 heterocycles. The molecule has 0 bridgehead atoms. The summed E-state index contributed by atoms with van der Waals surface area (Å²) in [6, 6.07) is 4.78. The molecule has 2 rings (SSSR count). The summed E-state index contributed by atoms with van der Waals surface area (Å²) in [5.41, 5.74) is 1.93. The van der Waals surface area contributed by atoms with Crippen molar-refractivity contribution in [3.63, 3.8) is 0 Å². The highest BCUT2D eigenvalue weighted by Gasteiger charge is 2.07. The van der Waals surface area contributed by atoms with Gasteiger partial charge in [-0.25, -0.2) is 4.98 Å². The Morgan fingerprint density at radius 3 is 2.86 bits per heavy atom. The second kappa shape index (κ2) is 7.69. The van der Waals surface area contributed by atoms with E-state index in [1.807, 2.05) is 5.38 Å². The number of hydrogen-bond acceptors (Lipinski definition) is 5. The topological polar surface area (TPSA) is 56.3 Å². The lowest BCUT2D eigenvalue weighted by atomic mass is 10.1. The minimum absolute atomic E-state index is 0.331. The summed E-state index contributed by atoms with van der Waals surface area (Å²) in [5.74, 6) is 0.473. The fourth-order valence-corrected chi connectivity index (χ4v) is 2.63. The second-order valence-corrected chi connectivity index (χ2v) is 5.60. The smallest absolute Gasteiger partial charge is 0.153 e. The molecule has 0 fully saturated rings. The molecule has 0 aliphatic rings. The molecule has 0 atom stereocenters. The van der Waals surface area contributed by atoms with E-state index in [4.69, 9.17) is 4.74 Å². The molecule has 0 saturated carbocycles. The van der Waals surface area contributed by atoms with Crippen LogP contribution in [0.5, 0.6) is 5.75 Å². The van der Waals surface area contributed by atoms with Crippen molar-refractivity contribution < 1.29 is 14.3 Å². The average molecular weight is 303 g/mol. The van der Waals surface area contributed by atoms with Crippen LogP contribution in [-0.4, -0.2) is 17.6 Å². The first-order chi connectivity index (χ1) is 10.3. The fourth-order valence-electron chi connectivity index (χ4n) is 1.89. The molecular weight excluding hydrogens is 286 g/mol. The van der Waals surface area contributed by atoms with Crippen LogP contribution in [0.1, 0.15) is 51.2 Å². The van der Waals surface area contributed by atoms with Crippen LogP contribution in [0.3, 0.4) is 0 Å². The Hall–Kier alpha value is -2.01. The summed E-state index contributed by atoms with van der Waals surface area (Å²) in [5, 5.41) is 2.93. The number of carbonyl (C=O) groups excluding carboxylic acids is 2. The first-order valence-electron chi connectivity index (χ1n) is 6.87. The number of ether oxygens (including phenoxy) is 1. The van der Waals surface area contributed by atoms with Gasteiger partial charge in [0, 0.05) is 10.9 Å². The third-order valence-corrected chi connectivity index (χ3v) is 3.90. The summed E-state index contributed by atoms with van der Waals surface area (Å²) < 4.78 is 5.63. The van der Waals surface area contributed by atoms with Gasteiger partial charge in [0.25, 0.3) is 0 Å². The molecule has 0 spiro atoms. The van der Waals surface area contributed by atoms with Crippen molar-refractivity contribution in [2.45, 2.75) is 32.8 Å². The fraction of sp³-hybridized carbons (Fsp3) is 0.312. The van der Waals surface area contributed by atoms with Crippen LogP contribution < -0.4 is 4.74 Å². The van der Waals surface area contributed by atoms with Crippen LogP contribution in [0, 0.1) is 0 Å². The maximum absolute atomic E-state index is 11.0. The van der Waals surface area contributed by atoms with Gasteiger partial charge in [0.15, 0.2) is 6.29 Å². The number of nitrogens with zero attached hydrogens (tertiary/aromatic N) is 1. The Balaban J connectivity index is 2.00. The zero-order valence-corrected chi connectivity index (χ0v) is 12.7. The SMILES string of the molecule is CCCCc1csc(COc2ccc(C=O)cc2C=O)n1. The Morgan fingerprint density at radius 1 is 1.29 bits per heavy atom. The number of carbonyl (C=O) groups is 2. The summed E-state index contributed by atoms with van der Waals surface area (Å²) in [6.07, 6.45) is 4.66. The van der Waals surface area contributed by atoms with Crippen molar-refractivity contribution in [2.24, 2.45) is 0 Å². The lowest BCUT2D eigenvalue weighted by molar-refractivity contribution is 0.111. The van der Waals surface area contributed by atoms with Crippen molar-refractivity contribution in [3.05, 3.63) is 45.4 Å². The molecule has 1 aromatic heterocycles. The molecular formula is C16H17NO3S. The molecule has 2 aromatic rings. The predicted octanol–water partition coefficient (Wildman–Crippen LogP) is 3.69. The molecule has 0 radical (unpaired) electrons. The van der Waals surface area contributed by atoms with E-state index in [0.29, 0.717) is 36.1 Å². The molecule has 110 valence electrons. The average Bonchev–Trinajstić information content (AvgIpc) is 2.98. The van der Waals surface area contributed by atoms with Crippen LogP contribution in [0.2, 0.25) is 0 Å². The minimum atomic E-state index is 0.331. The zero-order valence-electron chi connectivity index (χ0n) is 11.9. The Bertz CT molecular complexity index is 622. The monoisotopic (exact) mass is 303 g/mol. The van der Waals surface area contributed by atoms with Crippen molar-refractivity contribution in [1.29, 1.82) is 0 Å². The quantitative estimate of drug-likeness (QED) is 0.698. The van der Waals surface area contributed by atoms with Crippen LogP contribution in [0.15, 0.2) is 23.6 Å². The summed E-state index contributed by atoms with van der Waals surface area (Å²) in [4.78, 5) is 26.2. The molecule has 0 aliphatic heterocycles. The number of thiazole rings is 1. The van der Waals surface area contributed by atoms with Crippen LogP contribution in [-0.2, 0) is 13.0 Å². The molecule has 0 saturated heterocycles. The van der Waals surface area contributed by atoms with Crippen molar-refractivity contribution in [2.75, 3.05) is 0 Å². The van der Waals surface area contributed by atoms with Gasteiger partial charge in [-0.2, -0.15) is 0 Å². The largest absolute Gasteiger partial charge is 0.486 e. The summed E-state index contributed by atoms with van der Waals surface area (Å²) >= 11 is 1.56. The number of aryl methyl sites for hydroxylation is 1. The maximum Gasteiger partial charge on any atom is 0.153 e. The van der Waals surface area contributed by atoms with Gasteiger partial charge in [-0.1, -0.05) is 13.3 Å². The molecule has 4 nitrogen and oxygen atoms in total. The first kappa shape index (κ1) is 15.4. The van der Waals surface area contributed by atoms with E-state index in [1.54, 1.807) is 23.5 Å². The summed E-state index contributed by atoms with van der Waals surface area (Å²) in [7, 11) is 0. The van der Waals surface area contributed by atoms with E-state index in [2.05, 4.69) is 11.9 Å². The summed E-state index contributed by atoms with van der Waals surface area (Å²) in [6.45, 7) is 2.48. The zero-order chi connectivity index (χ0) is 15.1. The van der Waals surface area contributed by atoms with Crippen LogP contribution in [0.4, 0.5) is 0 Å². The van der Waals surface area contributed by atoms with Crippen LogP contribution in [0.25, 0.3) is 0 Å². The van der Waals surface area contributed by atoms with Gasteiger partial charge in [-0.05, 0) is 31.0 Å². The van der Waals surface area contributed by atoms with E-state index in [1.165, 1.54) is 6.07 Å². The Morgan fingerprint density at radius 2 is 2.14 bits per heavy atom. The van der Waals surface area contributed by atoms with Crippen LogP contribution >= 0.6 is 11.3 Å². The van der Waals surface area contributed by atoms with E-state index < -0.39 is 0 Å². The van der Waals surface area contributed by atoms with Gasteiger partial charge in [0.1, 0.15) is 23.7 Å². The van der Waals surface area contributed by atoms with Crippen molar-refractivity contribution in [3.8, 4) is 5.75 Å². The first-order valence-corrected chi connectivity index (χ1v) is 7.75. The number of aromatic nitrogens is 1. The highest BCUT2D eigenvalue weighted by Crippen LogP contribution is 2.20. The Labute approximate surface area is 127 Å². The molecule has 0 N–H and O–H groups in total. The molecule has 0 aliphatic carbocycles. The van der Waals surface area contributed by atoms with Crippen molar-refractivity contribution in [1.82, 2.24) is 4.98 Å². The number of unbranched alkanes of at least 4 members (excludes halogenated alkanes) is 1. The Kier molecular flexibility index (Phi) is 5.63. The molecule has 0 amide bonds.